The molecule has 1 aromatic rings. The van der Waals surface area contributed by atoms with Gasteiger partial charge < -0.3 is 14.8 Å². The molecule has 0 aromatic heterocycles. The largest absolute Gasteiger partial charge is 0.469 e. The molecular weight excluding hydrogens is 300 g/mol. The molecule has 0 aliphatic heterocycles. The summed E-state index contributed by atoms with van der Waals surface area (Å²) in [5.74, 6) is -4.39. The van der Waals surface area contributed by atoms with Gasteiger partial charge >= 0.3 is 11.9 Å². The van der Waals surface area contributed by atoms with E-state index in [-0.39, 0.29) is 18.4 Å². The van der Waals surface area contributed by atoms with Crippen LogP contribution < -0.4 is 5.32 Å². The van der Waals surface area contributed by atoms with Crippen molar-refractivity contribution in [3.63, 3.8) is 0 Å². The number of esters is 2. The molecule has 1 amide bonds. The molecule has 1 aromatic carbocycles. The highest BCUT2D eigenvalue weighted by atomic mass is 19.2. The van der Waals surface area contributed by atoms with Crippen molar-refractivity contribution in [2.24, 2.45) is 0 Å². The Bertz CT molecular complexity index is 576. The molecule has 120 valence electrons. The lowest BCUT2D eigenvalue weighted by molar-refractivity contribution is -0.144. The molecule has 0 spiro atoms. The summed E-state index contributed by atoms with van der Waals surface area (Å²) in [6.07, 6.45) is -0.164. The Hall–Kier alpha value is -2.51. The highest BCUT2D eigenvalue weighted by Gasteiger charge is 2.23. The molecule has 0 heterocycles. The number of ether oxygens (including phenoxy) is 2. The van der Waals surface area contributed by atoms with Gasteiger partial charge in [0.1, 0.15) is 6.04 Å². The number of methoxy groups -OCH3 is 2. The Morgan fingerprint density at radius 3 is 2.36 bits per heavy atom. The number of benzene rings is 1. The topological polar surface area (TPSA) is 81.7 Å². The van der Waals surface area contributed by atoms with Crippen molar-refractivity contribution in [2.45, 2.75) is 18.9 Å². The minimum Gasteiger partial charge on any atom is -0.469 e. The van der Waals surface area contributed by atoms with Crippen molar-refractivity contribution in [1.82, 2.24) is 5.32 Å². The normalized spacial score (nSPS) is 11.5. The van der Waals surface area contributed by atoms with Crippen LogP contribution in [0.1, 0.15) is 23.2 Å². The second-order valence-corrected chi connectivity index (χ2v) is 4.29. The van der Waals surface area contributed by atoms with E-state index in [9.17, 15) is 23.2 Å². The summed E-state index contributed by atoms with van der Waals surface area (Å²) in [5.41, 5.74) is -0.161. The number of rotatable bonds is 6. The quantitative estimate of drug-likeness (QED) is 0.798. The first-order chi connectivity index (χ1) is 10.4. The third-order valence-corrected chi connectivity index (χ3v) is 2.84. The lowest BCUT2D eigenvalue weighted by Gasteiger charge is -2.16. The molecule has 0 saturated carbocycles. The number of amides is 1. The maximum Gasteiger partial charge on any atom is 0.328 e. The van der Waals surface area contributed by atoms with Gasteiger partial charge in [-0.25, -0.2) is 13.6 Å². The molecule has 22 heavy (non-hydrogen) atoms. The molecule has 0 radical (unpaired) electrons. The van der Waals surface area contributed by atoms with Gasteiger partial charge in [-0.1, -0.05) is 0 Å². The fourth-order valence-electron chi connectivity index (χ4n) is 1.63. The molecule has 0 fully saturated rings. The zero-order valence-corrected chi connectivity index (χ0v) is 12.0. The third-order valence-electron chi connectivity index (χ3n) is 2.84. The van der Waals surface area contributed by atoms with Crippen molar-refractivity contribution < 1.29 is 32.6 Å². The van der Waals surface area contributed by atoms with Crippen molar-refractivity contribution in [3.8, 4) is 0 Å². The first-order valence-electron chi connectivity index (χ1n) is 6.29. The molecule has 8 heteroatoms. The lowest BCUT2D eigenvalue weighted by atomic mass is 10.1. The number of nitrogens with one attached hydrogen (secondary N) is 1. The first-order valence-corrected chi connectivity index (χ1v) is 6.29. The predicted molar refractivity (Wildman–Crippen MR) is 70.9 cm³/mol. The predicted octanol–water partition coefficient (Wildman–Crippen LogP) is 1.19. The van der Waals surface area contributed by atoms with E-state index in [1.807, 2.05) is 0 Å². The summed E-state index contributed by atoms with van der Waals surface area (Å²) in [6.45, 7) is 0. The zero-order chi connectivity index (χ0) is 16.7. The van der Waals surface area contributed by atoms with Crippen LogP contribution >= 0.6 is 0 Å². The van der Waals surface area contributed by atoms with Gasteiger partial charge in [0.25, 0.3) is 5.91 Å². The van der Waals surface area contributed by atoms with E-state index < -0.39 is 35.5 Å². The Morgan fingerprint density at radius 1 is 1.14 bits per heavy atom. The zero-order valence-electron chi connectivity index (χ0n) is 12.0. The van der Waals surface area contributed by atoms with Crippen LogP contribution in [0, 0.1) is 11.6 Å². The van der Waals surface area contributed by atoms with Crippen molar-refractivity contribution in [1.29, 1.82) is 0 Å². The Balaban J connectivity index is 2.79. The molecule has 0 aliphatic carbocycles. The van der Waals surface area contributed by atoms with E-state index in [1.54, 1.807) is 0 Å². The van der Waals surface area contributed by atoms with Crippen LogP contribution in [-0.4, -0.2) is 38.1 Å². The van der Waals surface area contributed by atoms with E-state index in [4.69, 9.17) is 0 Å². The van der Waals surface area contributed by atoms with Crippen LogP contribution in [0.3, 0.4) is 0 Å². The van der Waals surface area contributed by atoms with Crippen molar-refractivity contribution in [2.75, 3.05) is 14.2 Å². The van der Waals surface area contributed by atoms with E-state index in [0.717, 1.165) is 19.2 Å². The monoisotopic (exact) mass is 315 g/mol. The fourth-order valence-corrected chi connectivity index (χ4v) is 1.63. The highest BCUT2D eigenvalue weighted by molar-refractivity contribution is 5.96. The minimum absolute atomic E-state index is 0.0469. The highest BCUT2D eigenvalue weighted by Crippen LogP contribution is 2.10. The molecule has 0 saturated heterocycles. The van der Waals surface area contributed by atoms with Gasteiger partial charge in [0.05, 0.1) is 14.2 Å². The summed E-state index contributed by atoms with van der Waals surface area (Å²) in [7, 11) is 2.31. The lowest BCUT2D eigenvalue weighted by Crippen LogP contribution is -2.42. The van der Waals surface area contributed by atoms with Crippen LogP contribution in [0.4, 0.5) is 8.78 Å². The molecule has 0 aliphatic rings. The van der Waals surface area contributed by atoms with Gasteiger partial charge in [-0.3, -0.25) is 9.59 Å². The fraction of sp³-hybridized carbons (Fsp3) is 0.357. The van der Waals surface area contributed by atoms with Gasteiger partial charge in [0, 0.05) is 12.0 Å². The standard InChI is InChI=1S/C14H15F2NO5/c1-21-12(18)6-5-11(14(20)22-2)17-13(19)8-3-4-9(15)10(16)7-8/h3-4,7,11H,5-6H2,1-2H3,(H,17,19)/t11-/m1/s1. The SMILES string of the molecule is COC(=O)CC[C@@H](NC(=O)c1ccc(F)c(F)c1)C(=O)OC. The second kappa shape index (κ2) is 8.06. The van der Waals surface area contributed by atoms with Crippen LogP contribution in [0.5, 0.6) is 0 Å². The number of hydrogen-bond donors (Lipinski definition) is 1. The summed E-state index contributed by atoms with van der Waals surface area (Å²) in [6, 6.07) is 1.47. The summed E-state index contributed by atoms with van der Waals surface area (Å²) in [5, 5.41) is 2.30. The van der Waals surface area contributed by atoms with Crippen LogP contribution in [0.15, 0.2) is 18.2 Å². The van der Waals surface area contributed by atoms with Crippen molar-refractivity contribution in [3.05, 3.63) is 35.4 Å². The van der Waals surface area contributed by atoms with Crippen molar-refractivity contribution >= 4 is 17.8 Å². The van der Waals surface area contributed by atoms with Gasteiger partial charge in [0.2, 0.25) is 0 Å². The molecule has 1 atom stereocenters. The van der Waals surface area contributed by atoms with Gasteiger partial charge in [0.15, 0.2) is 11.6 Å². The number of halogens is 2. The maximum atomic E-state index is 13.1. The van der Waals surface area contributed by atoms with Gasteiger partial charge in [-0.2, -0.15) is 0 Å². The summed E-state index contributed by atoms with van der Waals surface area (Å²) < 4.78 is 34.9. The third kappa shape index (κ3) is 4.80. The number of carbonyl (C=O) groups is 3. The first kappa shape index (κ1) is 17.5. The van der Waals surface area contributed by atoms with Gasteiger partial charge in [-0.05, 0) is 24.6 Å². The molecular formula is C14H15F2NO5. The second-order valence-electron chi connectivity index (χ2n) is 4.29. The Labute approximate surface area is 125 Å². The Kier molecular flexibility index (Phi) is 6.43. The molecule has 0 unspecified atom stereocenters. The average molecular weight is 315 g/mol. The minimum atomic E-state index is -1.18. The molecule has 1 rings (SSSR count). The van der Waals surface area contributed by atoms with Crippen LogP contribution in [-0.2, 0) is 19.1 Å². The number of carbonyl (C=O) groups excluding carboxylic acids is 3. The number of hydrogen-bond acceptors (Lipinski definition) is 5. The van der Waals surface area contributed by atoms with E-state index >= 15 is 0 Å². The molecule has 1 N–H and O–H groups in total. The maximum absolute atomic E-state index is 13.1. The summed E-state index contributed by atoms with van der Waals surface area (Å²) >= 11 is 0. The van der Waals surface area contributed by atoms with Gasteiger partial charge in [-0.15, -0.1) is 0 Å². The van der Waals surface area contributed by atoms with E-state index in [2.05, 4.69) is 14.8 Å². The molecule has 6 nitrogen and oxygen atoms in total. The van der Waals surface area contributed by atoms with E-state index in [1.165, 1.54) is 7.11 Å². The average Bonchev–Trinajstić information content (AvgIpc) is 2.52. The smallest absolute Gasteiger partial charge is 0.328 e. The van der Waals surface area contributed by atoms with E-state index in [0.29, 0.717) is 6.07 Å². The molecule has 0 bridgehead atoms. The van der Waals surface area contributed by atoms with Crippen LogP contribution in [0.2, 0.25) is 0 Å². The summed E-state index contributed by atoms with van der Waals surface area (Å²) in [4.78, 5) is 34.6. The van der Waals surface area contributed by atoms with Crippen LogP contribution in [0.25, 0.3) is 0 Å². The Morgan fingerprint density at radius 2 is 1.82 bits per heavy atom.